The lowest BCUT2D eigenvalue weighted by Gasteiger charge is -2.18. The number of amides is 1. The molecule has 0 aromatic heterocycles. The molecule has 1 aliphatic rings. The number of halogens is 1. The second-order valence-corrected chi connectivity index (χ2v) is 7.08. The fraction of sp³-hybridized carbons (Fsp3) is 0.300. The molecule has 0 radical (unpaired) electrons. The molecule has 3 rings (SSSR count). The molecule has 0 atom stereocenters. The first-order valence-corrected chi connectivity index (χ1v) is 9.13. The molecule has 2 aromatic rings. The van der Waals surface area contributed by atoms with E-state index in [1.54, 1.807) is 12.1 Å². The Balaban J connectivity index is 1.68. The number of hydrogen-bond acceptors (Lipinski definition) is 2. The molecular weight excluding hydrogens is 349 g/mol. The molecule has 1 heterocycles. The summed E-state index contributed by atoms with van der Waals surface area (Å²) in [5.74, 6) is 0.0148. The van der Waals surface area contributed by atoms with Crippen LogP contribution in [0.2, 0.25) is 0 Å². The van der Waals surface area contributed by atoms with E-state index in [-0.39, 0.29) is 5.91 Å². The molecule has 0 aliphatic carbocycles. The minimum atomic E-state index is -0.408. The van der Waals surface area contributed by atoms with Crippen LogP contribution in [0.5, 0.6) is 0 Å². The lowest BCUT2D eigenvalue weighted by molar-refractivity contribution is -0.117. The number of nitrogens with one attached hydrogen (secondary N) is 2. The van der Waals surface area contributed by atoms with Crippen LogP contribution in [0.1, 0.15) is 38.2 Å². The summed E-state index contributed by atoms with van der Waals surface area (Å²) in [4.78, 5) is 13.4. The minimum absolute atomic E-state index is 0.0491. The van der Waals surface area contributed by atoms with E-state index in [4.69, 9.17) is 12.2 Å². The Morgan fingerprint density at radius 2 is 1.77 bits per heavy atom. The summed E-state index contributed by atoms with van der Waals surface area (Å²) >= 11 is 5.34. The number of rotatable bonds is 4. The standard InChI is InChI=1S/C20H22FN3OS/c1-13(2)14-5-7-15(8-6-14)22-20(26)23-16-9-10-17(21)18(12-16)24-11-3-4-19(24)25/h5-10,12-13H,3-4,11H2,1-2H3,(H2,22,23,26). The normalized spacial score (nSPS) is 14.0. The lowest BCUT2D eigenvalue weighted by Crippen LogP contribution is -2.25. The third-order valence-electron chi connectivity index (χ3n) is 4.40. The van der Waals surface area contributed by atoms with Crippen molar-refractivity contribution in [3.8, 4) is 0 Å². The van der Waals surface area contributed by atoms with Gasteiger partial charge in [0.25, 0.3) is 0 Å². The van der Waals surface area contributed by atoms with Gasteiger partial charge in [0, 0.05) is 24.3 Å². The largest absolute Gasteiger partial charge is 0.332 e. The quantitative estimate of drug-likeness (QED) is 0.752. The molecular formula is C20H22FN3OS. The molecule has 0 saturated carbocycles. The fourth-order valence-electron chi connectivity index (χ4n) is 2.94. The van der Waals surface area contributed by atoms with Crippen LogP contribution in [-0.4, -0.2) is 17.6 Å². The average Bonchev–Trinajstić information content (AvgIpc) is 3.03. The zero-order valence-corrected chi connectivity index (χ0v) is 15.7. The monoisotopic (exact) mass is 371 g/mol. The Bertz CT molecular complexity index is 820. The van der Waals surface area contributed by atoms with E-state index in [9.17, 15) is 9.18 Å². The van der Waals surface area contributed by atoms with E-state index < -0.39 is 5.82 Å². The first kappa shape index (κ1) is 18.3. The molecule has 1 fully saturated rings. The zero-order chi connectivity index (χ0) is 18.7. The van der Waals surface area contributed by atoms with E-state index in [2.05, 4.69) is 36.6 Å². The second-order valence-electron chi connectivity index (χ2n) is 6.67. The molecule has 26 heavy (non-hydrogen) atoms. The lowest BCUT2D eigenvalue weighted by atomic mass is 10.0. The molecule has 4 nitrogen and oxygen atoms in total. The van der Waals surface area contributed by atoms with Gasteiger partial charge in [-0.2, -0.15) is 0 Å². The summed E-state index contributed by atoms with van der Waals surface area (Å²) < 4.78 is 14.1. The van der Waals surface area contributed by atoms with Gasteiger partial charge in [0.1, 0.15) is 5.82 Å². The minimum Gasteiger partial charge on any atom is -0.332 e. The Labute approximate surface area is 158 Å². The molecule has 0 bridgehead atoms. The summed E-state index contributed by atoms with van der Waals surface area (Å²) in [5.41, 5.74) is 3.07. The van der Waals surface area contributed by atoms with Gasteiger partial charge in [0.2, 0.25) is 5.91 Å². The van der Waals surface area contributed by atoms with Crippen LogP contribution in [0, 0.1) is 5.82 Å². The maximum absolute atomic E-state index is 14.1. The van der Waals surface area contributed by atoms with Crippen molar-refractivity contribution in [2.45, 2.75) is 32.6 Å². The van der Waals surface area contributed by atoms with E-state index >= 15 is 0 Å². The highest BCUT2D eigenvalue weighted by Gasteiger charge is 2.24. The zero-order valence-electron chi connectivity index (χ0n) is 14.9. The van der Waals surface area contributed by atoms with Crippen LogP contribution in [0.3, 0.4) is 0 Å². The molecule has 2 aromatic carbocycles. The molecule has 1 amide bonds. The van der Waals surface area contributed by atoms with Crippen molar-refractivity contribution in [3.05, 3.63) is 53.8 Å². The van der Waals surface area contributed by atoms with E-state index in [0.29, 0.717) is 35.4 Å². The summed E-state index contributed by atoms with van der Waals surface area (Å²) in [7, 11) is 0. The number of hydrogen-bond donors (Lipinski definition) is 2. The maximum atomic E-state index is 14.1. The second kappa shape index (κ2) is 7.83. The fourth-order valence-corrected chi connectivity index (χ4v) is 3.18. The van der Waals surface area contributed by atoms with Crippen molar-refractivity contribution in [2.24, 2.45) is 0 Å². The van der Waals surface area contributed by atoms with Crippen LogP contribution in [-0.2, 0) is 4.79 Å². The molecule has 1 aliphatic heterocycles. The highest BCUT2D eigenvalue weighted by molar-refractivity contribution is 7.80. The SMILES string of the molecule is CC(C)c1ccc(NC(=S)Nc2ccc(F)c(N3CCCC3=O)c2)cc1. The van der Waals surface area contributed by atoms with Crippen molar-refractivity contribution in [2.75, 3.05) is 22.1 Å². The Morgan fingerprint density at radius 1 is 1.12 bits per heavy atom. The topological polar surface area (TPSA) is 44.4 Å². The molecule has 1 saturated heterocycles. The van der Waals surface area contributed by atoms with Crippen molar-refractivity contribution < 1.29 is 9.18 Å². The molecule has 6 heteroatoms. The van der Waals surface area contributed by atoms with Crippen LogP contribution in [0.15, 0.2) is 42.5 Å². The van der Waals surface area contributed by atoms with Gasteiger partial charge in [0.15, 0.2) is 5.11 Å². The third kappa shape index (κ3) is 4.19. The van der Waals surface area contributed by atoms with Gasteiger partial charge < -0.3 is 15.5 Å². The van der Waals surface area contributed by atoms with Crippen LogP contribution in [0.25, 0.3) is 0 Å². The summed E-state index contributed by atoms with van der Waals surface area (Å²) in [6.45, 7) is 4.84. The number of benzene rings is 2. The van der Waals surface area contributed by atoms with Gasteiger partial charge in [-0.3, -0.25) is 4.79 Å². The maximum Gasteiger partial charge on any atom is 0.227 e. The van der Waals surface area contributed by atoms with Crippen LogP contribution < -0.4 is 15.5 Å². The van der Waals surface area contributed by atoms with E-state index in [1.807, 2.05) is 12.1 Å². The highest BCUT2D eigenvalue weighted by Crippen LogP contribution is 2.27. The van der Waals surface area contributed by atoms with Gasteiger partial charge in [-0.1, -0.05) is 26.0 Å². The number of anilines is 3. The van der Waals surface area contributed by atoms with Crippen LogP contribution >= 0.6 is 12.2 Å². The van der Waals surface area contributed by atoms with Gasteiger partial charge in [-0.05, 0) is 60.5 Å². The Morgan fingerprint density at radius 3 is 2.38 bits per heavy atom. The van der Waals surface area contributed by atoms with Gasteiger partial charge >= 0.3 is 0 Å². The molecule has 136 valence electrons. The third-order valence-corrected chi connectivity index (χ3v) is 4.61. The number of carbonyl (C=O) groups is 1. The Kier molecular flexibility index (Phi) is 5.52. The van der Waals surface area contributed by atoms with Crippen LogP contribution in [0.4, 0.5) is 21.5 Å². The molecule has 0 spiro atoms. The van der Waals surface area contributed by atoms with Gasteiger partial charge in [-0.25, -0.2) is 4.39 Å². The summed E-state index contributed by atoms with van der Waals surface area (Å²) in [6, 6.07) is 12.6. The Hall–Kier alpha value is -2.47. The van der Waals surface area contributed by atoms with Gasteiger partial charge in [0.05, 0.1) is 5.69 Å². The number of thiocarbonyl (C=S) groups is 1. The van der Waals surface area contributed by atoms with Crippen molar-refractivity contribution in [1.29, 1.82) is 0 Å². The molecule has 0 unspecified atom stereocenters. The number of nitrogens with zero attached hydrogens (tertiary/aromatic N) is 1. The first-order valence-electron chi connectivity index (χ1n) is 8.72. The van der Waals surface area contributed by atoms with Gasteiger partial charge in [-0.15, -0.1) is 0 Å². The van der Waals surface area contributed by atoms with Crippen molar-refractivity contribution in [3.63, 3.8) is 0 Å². The van der Waals surface area contributed by atoms with Crippen molar-refractivity contribution in [1.82, 2.24) is 0 Å². The summed E-state index contributed by atoms with van der Waals surface area (Å²) in [6.07, 6.45) is 1.21. The molecule has 2 N–H and O–H groups in total. The first-order chi connectivity index (χ1) is 12.4. The predicted octanol–water partition coefficient (Wildman–Crippen LogP) is 4.88. The number of carbonyl (C=O) groups excluding carboxylic acids is 1. The smallest absolute Gasteiger partial charge is 0.227 e. The highest BCUT2D eigenvalue weighted by atomic mass is 32.1. The average molecular weight is 371 g/mol. The van der Waals surface area contributed by atoms with Crippen molar-refractivity contribution >= 4 is 40.3 Å². The summed E-state index contributed by atoms with van der Waals surface area (Å²) in [5, 5.41) is 6.57. The van der Waals surface area contributed by atoms with E-state index in [0.717, 1.165) is 12.1 Å². The predicted molar refractivity (Wildman–Crippen MR) is 108 cm³/mol. The van der Waals surface area contributed by atoms with E-state index in [1.165, 1.54) is 16.5 Å².